The average Bonchev–Trinajstić information content (AvgIpc) is 1.79. The molecule has 0 amide bonds. The first-order valence-corrected chi connectivity index (χ1v) is 5.45. The van der Waals surface area contributed by atoms with Gasteiger partial charge in [0.2, 0.25) is 0 Å². The number of hydrogen-bond acceptors (Lipinski definition) is 3. The maximum absolute atomic E-state index is 9.71. The second-order valence-corrected chi connectivity index (χ2v) is 5.44. The Balaban J connectivity index is 2.88. The fraction of sp³-hybridized carbons (Fsp3) is 1.00. The highest BCUT2D eigenvalue weighted by atomic mass is 127. The first-order chi connectivity index (χ1) is 5.79. The lowest BCUT2D eigenvalue weighted by atomic mass is 9.80. The molecule has 0 spiro atoms. The molecule has 0 bridgehead atoms. The van der Waals surface area contributed by atoms with Crippen molar-refractivity contribution in [1.29, 1.82) is 0 Å². The molecule has 1 N–H and O–H groups in total. The van der Waals surface area contributed by atoms with Crippen molar-refractivity contribution in [2.75, 3.05) is 0 Å². The van der Waals surface area contributed by atoms with Gasteiger partial charge in [-0.3, -0.25) is 0 Å². The second kappa shape index (κ2) is 3.64. The van der Waals surface area contributed by atoms with E-state index < -0.39 is 0 Å². The molecule has 0 unspecified atom stereocenters. The van der Waals surface area contributed by atoms with Gasteiger partial charge in [-0.25, -0.2) is 5.06 Å². The van der Waals surface area contributed by atoms with Gasteiger partial charge in [0.25, 0.3) is 0 Å². The van der Waals surface area contributed by atoms with E-state index in [2.05, 4.69) is 27.7 Å². The maximum atomic E-state index is 9.71. The number of piperidine rings is 1. The van der Waals surface area contributed by atoms with Crippen LogP contribution in [0.4, 0.5) is 0 Å². The van der Waals surface area contributed by atoms with Gasteiger partial charge in [-0.05, 0) is 40.5 Å². The van der Waals surface area contributed by atoms with Gasteiger partial charge in [0.1, 0.15) is 0 Å². The minimum atomic E-state index is -0.215. The molecule has 3 nitrogen and oxygen atoms in total. The number of rotatable bonds is 1. The van der Waals surface area contributed by atoms with Crippen molar-refractivity contribution < 1.29 is 31.3 Å². The van der Waals surface area contributed by atoms with Crippen LogP contribution in [-0.2, 0) is 3.17 Å². The zero-order valence-corrected chi connectivity index (χ0v) is 10.8. The van der Waals surface area contributed by atoms with E-state index in [0.29, 0.717) is 0 Å². The Kier molecular flexibility index (Phi) is 3.27. The van der Waals surface area contributed by atoms with E-state index in [0.717, 1.165) is 12.8 Å². The minimum absolute atomic E-state index is 0.0949. The second-order valence-electron chi connectivity index (χ2n) is 5.05. The Morgan fingerprint density at radius 2 is 1.62 bits per heavy atom. The molecule has 1 fully saturated rings. The van der Waals surface area contributed by atoms with E-state index in [1.807, 2.05) is 28.1 Å². The van der Waals surface area contributed by atoms with E-state index >= 15 is 0 Å². The summed E-state index contributed by atoms with van der Waals surface area (Å²) in [6.07, 6.45) is 1.31. The lowest BCUT2D eigenvalue weighted by Gasteiger charge is -2.55. The summed E-state index contributed by atoms with van der Waals surface area (Å²) in [5, 5.41) is 11.7. The first kappa shape index (κ1) is 11.7. The lowest BCUT2D eigenvalue weighted by Crippen LogP contribution is -3.35. The van der Waals surface area contributed by atoms with Gasteiger partial charge in [-0.1, -0.05) is 0 Å². The van der Waals surface area contributed by atoms with Crippen molar-refractivity contribution in [1.82, 2.24) is 5.06 Å². The summed E-state index contributed by atoms with van der Waals surface area (Å²) in [5.74, 6) is 0. The molecule has 1 rings (SSSR count). The van der Waals surface area contributed by atoms with Crippen LogP contribution in [0, 0.1) is 0 Å². The molecule has 0 aromatic rings. The number of nitrogens with zero attached hydrogens (tertiary/aromatic N) is 1. The van der Waals surface area contributed by atoms with Crippen LogP contribution in [0.5, 0.6) is 0 Å². The van der Waals surface area contributed by atoms with Crippen LogP contribution in [0.2, 0.25) is 0 Å². The lowest BCUT2D eigenvalue weighted by molar-refractivity contribution is -0.768. The Hall–Kier alpha value is 0.610. The normalized spacial score (nSPS) is 29.1. The van der Waals surface area contributed by atoms with Crippen LogP contribution in [0.1, 0.15) is 40.5 Å². The third kappa shape index (κ3) is 2.34. The molecule has 1 saturated heterocycles. The quantitative estimate of drug-likeness (QED) is 0.592. The summed E-state index contributed by atoms with van der Waals surface area (Å²) in [7, 11) is 0. The van der Waals surface area contributed by atoms with Crippen molar-refractivity contribution in [2.24, 2.45) is 0 Å². The van der Waals surface area contributed by atoms with Crippen molar-refractivity contribution in [3.05, 3.63) is 0 Å². The van der Waals surface area contributed by atoms with Crippen molar-refractivity contribution in [3.8, 4) is 0 Å². The van der Waals surface area contributed by atoms with Crippen LogP contribution in [-0.4, -0.2) is 27.4 Å². The van der Waals surface area contributed by atoms with E-state index in [1.54, 1.807) is 0 Å². The molecule has 0 aromatic carbocycles. The van der Waals surface area contributed by atoms with Crippen molar-refractivity contribution in [2.45, 2.75) is 57.7 Å². The molecule has 0 aromatic heterocycles. The number of aliphatic hydroxyl groups excluding tert-OH is 1. The third-order valence-corrected chi connectivity index (χ3v) is 3.03. The van der Waals surface area contributed by atoms with Crippen LogP contribution >= 0.6 is 0 Å². The van der Waals surface area contributed by atoms with E-state index in [1.165, 1.54) is 0 Å². The van der Waals surface area contributed by atoms with Gasteiger partial charge in [0, 0.05) is 11.1 Å². The zero-order valence-electron chi connectivity index (χ0n) is 8.67. The molecule has 0 atom stereocenters. The van der Waals surface area contributed by atoms with Gasteiger partial charge in [-0.15, -0.1) is 0 Å². The largest absolute Gasteiger partial charge is 0.588 e. The SMILES string of the molecule is CC1(C)CC(O)CC(C)(C)N1O[I-]. The number of halogens is 1. The molecule has 0 aliphatic carbocycles. The van der Waals surface area contributed by atoms with Crippen molar-refractivity contribution in [3.63, 3.8) is 0 Å². The number of aliphatic hydroxyl groups is 1. The Morgan fingerprint density at radius 3 is 1.92 bits per heavy atom. The van der Waals surface area contributed by atoms with Gasteiger partial charge >= 0.3 is 0 Å². The van der Waals surface area contributed by atoms with Gasteiger partial charge in [0.15, 0.2) is 0 Å². The fourth-order valence-electron chi connectivity index (χ4n) is 2.40. The molecule has 4 heteroatoms. The molecule has 1 radical (unpaired) electrons. The van der Waals surface area contributed by atoms with Gasteiger partial charge in [-0.2, -0.15) is 0 Å². The van der Waals surface area contributed by atoms with Crippen LogP contribution in [0.3, 0.4) is 0 Å². The smallest absolute Gasteiger partial charge is 0.0576 e. The number of hydroxylamine groups is 2. The summed E-state index contributed by atoms with van der Waals surface area (Å²) >= 11 is 1.91. The van der Waals surface area contributed by atoms with Gasteiger partial charge in [0.05, 0.1) is 6.10 Å². The predicted octanol–water partition coefficient (Wildman–Crippen LogP) is -1.60. The van der Waals surface area contributed by atoms with Crippen LogP contribution in [0.25, 0.3) is 0 Å². The Morgan fingerprint density at radius 1 is 1.23 bits per heavy atom. The summed E-state index contributed by atoms with van der Waals surface area (Å²) in [5.41, 5.74) is -0.190. The topological polar surface area (TPSA) is 32.7 Å². The predicted molar refractivity (Wildman–Crippen MR) is 46.3 cm³/mol. The van der Waals surface area contributed by atoms with E-state index in [-0.39, 0.29) is 17.2 Å². The zero-order chi connectivity index (χ0) is 10.3. The summed E-state index contributed by atoms with van der Waals surface area (Å²) in [6.45, 7) is 8.37. The molecular weight excluding hydrogens is 281 g/mol. The fourth-order valence-corrected chi connectivity index (χ4v) is 3.46. The average molecular weight is 299 g/mol. The molecule has 0 saturated carbocycles. The first-order valence-electron chi connectivity index (χ1n) is 4.57. The Labute approximate surface area is 94.1 Å². The highest BCUT2D eigenvalue weighted by molar-refractivity contribution is 4.96. The highest BCUT2D eigenvalue weighted by Crippen LogP contribution is 2.37. The monoisotopic (exact) mass is 299 g/mol. The minimum Gasteiger partial charge on any atom is -0.588 e. The standard InChI is InChI=1S/C9H18INO2/c1-8(2)5-7(12)6-9(3,4)11(8)13-10/h7,12H,5-6H2,1-4H3/q-1. The Bertz CT molecular complexity index is 176. The van der Waals surface area contributed by atoms with E-state index in [9.17, 15) is 5.11 Å². The maximum Gasteiger partial charge on any atom is 0.0576 e. The third-order valence-electron chi connectivity index (χ3n) is 2.64. The highest BCUT2D eigenvalue weighted by Gasteiger charge is 2.44. The molecule has 79 valence electrons. The van der Waals surface area contributed by atoms with E-state index in [4.69, 9.17) is 3.17 Å². The summed E-state index contributed by atoms with van der Waals surface area (Å²) < 4.78 is 5.36. The molecule has 1 heterocycles. The number of hydrogen-bond donors (Lipinski definition) is 1. The molecular formula is C9H18INO2-. The summed E-state index contributed by atoms with van der Waals surface area (Å²) in [6, 6.07) is 0. The summed E-state index contributed by atoms with van der Waals surface area (Å²) in [4.78, 5) is 0. The van der Waals surface area contributed by atoms with Gasteiger partial charge < -0.3 is 31.3 Å². The van der Waals surface area contributed by atoms with Crippen LogP contribution in [0.15, 0.2) is 0 Å². The molecule has 1 aliphatic heterocycles. The molecule has 1 aliphatic rings. The van der Waals surface area contributed by atoms with Crippen LogP contribution < -0.4 is 23.0 Å². The van der Waals surface area contributed by atoms with Crippen molar-refractivity contribution >= 4 is 0 Å². The molecule has 13 heavy (non-hydrogen) atoms.